The van der Waals surface area contributed by atoms with Gasteiger partial charge in [-0.1, -0.05) is 6.58 Å². The van der Waals surface area contributed by atoms with E-state index in [2.05, 4.69) is 6.58 Å². The third kappa shape index (κ3) is 6.33. The number of hydrogen-bond acceptors (Lipinski definition) is 4. The third-order valence-electron chi connectivity index (χ3n) is 1.44. The van der Waals surface area contributed by atoms with E-state index < -0.39 is 5.97 Å². The molecule has 4 heteroatoms. The Kier molecular flexibility index (Phi) is 6.73. The maximum absolute atomic E-state index is 11.1. The van der Waals surface area contributed by atoms with Crippen molar-refractivity contribution < 1.29 is 14.3 Å². The van der Waals surface area contributed by atoms with Gasteiger partial charge in [0.2, 0.25) is 0 Å². The van der Waals surface area contributed by atoms with Crippen LogP contribution in [0, 0.1) is 11.3 Å². The van der Waals surface area contributed by atoms with E-state index in [1.807, 2.05) is 6.07 Å². The molecule has 0 saturated carbocycles. The summed E-state index contributed by atoms with van der Waals surface area (Å²) in [4.78, 5) is 11.1. The summed E-state index contributed by atoms with van der Waals surface area (Å²) in [6, 6.07) is 1.89. The normalized spacial score (nSPS) is 10.3. The first kappa shape index (κ1) is 13.2. The quantitative estimate of drug-likeness (QED) is 0.290. The summed E-state index contributed by atoms with van der Waals surface area (Å²) in [5.41, 5.74) is 0.346. The summed E-state index contributed by atoms with van der Waals surface area (Å²) in [7, 11) is 0. The highest BCUT2D eigenvalue weighted by atomic mass is 16.5. The number of nitriles is 1. The predicted octanol–water partition coefficient (Wildman–Crippen LogP) is 1.94. The van der Waals surface area contributed by atoms with Gasteiger partial charge in [0, 0.05) is 12.0 Å². The van der Waals surface area contributed by atoms with Crippen LogP contribution in [0.2, 0.25) is 0 Å². The van der Waals surface area contributed by atoms with Crippen molar-refractivity contribution in [3.63, 3.8) is 0 Å². The molecule has 0 amide bonds. The van der Waals surface area contributed by atoms with Crippen molar-refractivity contribution in [3.05, 3.63) is 24.0 Å². The molecule has 82 valence electrons. The van der Waals surface area contributed by atoms with Gasteiger partial charge in [0.1, 0.15) is 5.76 Å². The molecule has 15 heavy (non-hydrogen) atoms. The van der Waals surface area contributed by atoms with E-state index in [1.54, 1.807) is 13.8 Å². The highest BCUT2D eigenvalue weighted by Gasteiger charge is 2.05. The van der Waals surface area contributed by atoms with Crippen molar-refractivity contribution in [2.24, 2.45) is 0 Å². The van der Waals surface area contributed by atoms with Crippen LogP contribution in [-0.4, -0.2) is 19.2 Å². The molecule has 0 aliphatic carbocycles. The van der Waals surface area contributed by atoms with Gasteiger partial charge in [-0.25, -0.2) is 4.79 Å². The Morgan fingerprint density at radius 2 is 2.00 bits per heavy atom. The number of carbonyl (C=O) groups is 1. The predicted molar refractivity (Wildman–Crippen MR) is 55.7 cm³/mol. The zero-order valence-electron chi connectivity index (χ0n) is 9.08. The van der Waals surface area contributed by atoms with E-state index >= 15 is 0 Å². The Balaban J connectivity index is 4.44. The minimum absolute atomic E-state index is 0.239. The largest absolute Gasteiger partial charge is 0.498 e. The fourth-order valence-corrected chi connectivity index (χ4v) is 0.894. The summed E-state index contributed by atoms with van der Waals surface area (Å²) in [6.45, 7) is 7.78. The second kappa shape index (κ2) is 7.63. The zero-order chi connectivity index (χ0) is 11.7. The molecule has 0 N–H and O–H groups in total. The van der Waals surface area contributed by atoms with Gasteiger partial charge >= 0.3 is 5.97 Å². The van der Waals surface area contributed by atoms with Crippen molar-refractivity contribution in [1.29, 1.82) is 5.26 Å². The first-order valence-electron chi connectivity index (χ1n) is 4.72. The lowest BCUT2D eigenvalue weighted by Gasteiger charge is -2.06. The van der Waals surface area contributed by atoms with Crippen molar-refractivity contribution in [2.75, 3.05) is 13.2 Å². The lowest BCUT2D eigenvalue weighted by atomic mass is 10.2. The van der Waals surface area contributed by atoms with Gasteiger partial charge in [-0.05, 0) is 13.8 Å². The van der Waals surface area contributed by atoms with Gasteiger partial charge in [0.05, 0.1) is 25.4 Å². The van der Waals surface area contributed by atoms with E-state index in [4.69, 9.17) is 14.7 Å². The van der Waals surface area contributed by atoms with Crippen molar-refractivity contribution in [2.45, 2.75) is 20.3 Å². The maximum atomic E-state index is 11.1. The third-order valence-corrected chi connectivity index (χ3v) is 1.44. The summed E-state index contributed by atoms with van der Waals surface area (Å²) < 4.78 is 9.91. The van der Waals surface area contributed by atoms with Crippen LogP contribution in [0.5, 0.6) is 0 Å². The lowest BCUT2D eigenvalue weighted by molar-refractivity contribution is -0.137. The molecule has 0 aliphatic rings. The fraction of sp³-hybridized carbons (Fsp3) is 0.455. The molecule has 0 heterocycles. The topological polar surface area (TPSA) is 59.3 Å². The smallest absolute Gasteiger partial charge is 0.334 e. The second-order valence-electron chi connectivity index (χ2n) is 2.69. The van der Waals surface area contributed by atoms with Crippen LogP contribution in [0.1, 0.15) is 20.3 Å². The van der Waals surface area contributed by atoms with Crippen LogP contribution < -0.4 is 0 Å². The first-order chi connectivity index (χ1) is 7.13. The molecule has 0 bridgehead atoms. The van der Waals surface area contributed by atoms with Crippen LogP contribution in [0.3, 0.4) is 0 Å². The Hall–Kier alpha value is -1.76. The highest BCUT2D eigenvalue weighted by Crippen LogP contribution is 2.10. The SMILES string of the molecule is C=C(C#N)C/C(=C/C(=O)OCC)OCC. The van der Waals surface area contributed by atoms with Gasteiger partial charge in [0.25, 0.3) is 0 Å². The van der Waals surface area contributed by atoms with E-state index in [9.17, 15) is 4.79 Å². The van der Waals surface area contributed by atoms with Gasteiger partial charge in [-0.3, -0.25) is 0 Å². The molecule has 0 aliphatic heterocycles. The number of esters is 1. The fourth-order valence-electron chi connectivity index (χ4n) is 0.894. The molecule has 0 atom stereocenters. The molecular weight excluding hydrogens is 194 g/mol. The number of rotatable bonds is 6. The van der Waals surface area contributed by atoms with Crippen LogP contribution in [0.25, 0.3) is 0 Å². The standard InChI is InChI=1S/C11H15NO3/c1-4-14-10(6-9(3)8-12)7-11(13)15-5-2/h7H,3-6H2,1-2H3/b10-7-. The molecule has 0 spiro atoms. The van der Waals surface area contributed by atoms with Gasteiger partial charge < -0.3 is 9.47 Å². The molecule has 0 fully saturated rings. The first-order valence-corrected chi connectivity index (χ1v) is 4.72. The van der Waals surface area contributed by atoms with Crippen LogP contribution in [0.4, 0.5) is 0 Å². The van der Waals surface area contributed by atoms with E-state index in [0.717, 1.165) is 0 Å². The molecule has 0 unspecified atom stereocenters. The Morgan fingerprint density at radius 3 is 2.47 bits per heavy atom. The summed E-state index contributed by atoms with van der Waals surface area (Å²) in [6.07, 6.45) is 1.48. The highest BCUT2D eigenvalue weighted by molar-refractivity contribution is 5.82. The minimum Gasteiger partial charge on any atom is -0.498 e. The van der Waals surface area contributed by atoms with Crippen molar-refractivity contribution in [3.8, 4) is 6.07 Å². The molecule has 0 saturated heterocycles. The molecule has 0 rings (SSSR count). The summed E-state index contributed by atoms with van der Waals surface area (Å²) >= 11 is 0. The Morgan fingerprint density at radius 1 is 1.40 bits per heavy atom. The molecule has 4 nitrogen and oxygen atoms in total. The second-order valence-corrected chi connectivity index (χ2v) is 2.69. The van der Waals surface area contributed by atoms with E-state index in [1.165, 1.54) is 6.08 Å². The van der Waals surface area contributed by atoms with Crippen LogP contribution >= 0.6 is 0 Å². The van der Waals surface area contributed by atoms with E-state index in [0.29, 0.717) is 24.5 Å². The maximum Gasteiger partial charge on any atom is 0.334 e. The van der Waals surface area contributed by atoms with Crippen molar-refractivity contribution >= 4 is 5.97 Å². The minimum atomic E-state index is -0.466. The number of allylic oxidation sites excluding steroid dienone is 1. The molecule has 0 aromatic rings. The van der Waals surface area contributed by atoms with Crippen molar-refractivity contribution in [1.82, 2.24) is 0 Å². The van der Waals surface area contributed by atoms with Gasteiger partial charge in [0.15, 0.2) is 0 Å². The Labute approximate surface area is 89.8 Å². The summed E-state index contributed by atoms with van der Waals surface area (Å²) in [5.74, 6) is -0.0609. The summed E-state index contributed by atoms with van der Waals surface area (Å²) in [5, 5.41) is 8.54. The van der Waals surface area contributed by atoms with Crippen LogP contribution in [-0.2, 0) is 14.3 Å². The monoisotopic (exact) mass is 209 g/mol. The van der Waals surface area contributed by atoms with Gasteiger partial charge in [-0.15, -0.1) is 0 Å². The Bertz CT molecular complexity index is 299. The molecule has 0 aromatic carbocycles. The zero-order valence-corrected chi connectivity index (χ0v) is 9.08. The number of carbonyl (C=O) groups excluding carboxylic acids is 1. The van der Waals surface area contributed by atoms with Gasteiger partial charge in [-0.2, -0.15) is 5.26 Å². The average Bonchev–Trinajstić information content (AvgIpc) is 2.18. The lowest BCUT2D eigenvalue weighted by Crippen LogP contribution is -2.03. The van der Waals surface area contributed by atoms with E-state index in [-0.39, 0.29) is 6.42 Å². The molecular formula is C11H15NO3. The van der Waals surface area contributed by atoms with Crippen LogP contribution in [0.15, 0.2) is 24.0 Å². The average molecular weight is 209 g/mol. The molecule has 0 radical (unpaired) electrons. The molecule has 0 aromatic heterocycles. The number of hydrogen-bond donors (Lipinski definition) is 0. The number of ether oxygens (including phenoxy) is 2. The number of nitrogens with zero attached hydrogens (tertiary/aromatic N) is 1.